The lowest BCUT2D eigenvalue weighted by atomic mass is 10.0. The molecule has 0 aliphatic heterocycles. The van der Waals surface area contributed by atoms with Crippen LogP contribution in [0.15, 0.2) is 77.7 Å². The molecule has 3 aromatic rings. The molecule has 0 radical (unpaired) electrons. The van der Waals surface area contributed by atoms with Crippen LogP contribution < -0.4 is 4.74 Å². The van der Waals surface area contributed by atoms with E-state index in [0.29, 0.717) is 23.5 Å². The van der Waals surface area contributed by atoms with E-state index in [0.717, 1.165) is 36.1 Å². The van der Waals surface area contributed by atoms with Gasteiger partial charge in [-0.1, -0.05) is 83.1 Å². The van der Waals surface area contributed by atoms with Crippen LogP contribution in [-0.2, 0) is 4.74 Å². The van der Waals surface area contributed by atoms with E-state index in [1.807, 2.05) is 23.9 Å². The van der Waals surface area contributed by atoms with Gasteiger partial charge in [-0.2, -0.15) is 0 Å². The minimum Gasteiger partial charge on any atom is -0.462 e. The number of carbonyl (C=O) groups excluding carboxylic acids is 2. The monoisotopic (exact) mass is 532 g/mol. The molecule has 4 nitrogen and oxygen atoms in total. The zero-order valence-electron chi connectivity index (χ0n) is 22.7. The second-order valence-electron chi connectivity index (χ2n) is 9.47. The van der Waals surface area contributed by atoms with Gasteiger partial charge in [0.15, 0.2) is 0 Å². The highest BCUT2D eigenvalue weighted by atomic mass is 32.2. The van der Waals surface area contributed by atoms with Crippen molar-refractivity contribution in [2.75, 3.05) is 12.4 Å². The number of esters is 2. The predicted octanol–water partition coefficient (Wildman–Crippen LogP) is 9.37. The summed E-state index contributed by atoms with van der Waals surface area (Å²) >= 11 is 1.92. The Labute approximate surface area is 232 Å². The number of unbranched alkanes of at least 4 members (excludes halogenated alkanes) is 7. The fourth-order valence-electron chi connectivity index (χ4n) is 4.04. The lowest BCUT2D eigenvalue weighted by Gasteiger charge is -2.08. The van der Waals surface area contributed by atoms with Gasteiger partial charge in [-0.25, -0.2) is 9.59 Å². The molecule has 3 aromatic carbocycles. The van der Waals surface area contributed by atoms with Crippen LogP contribution in [0.25, 0.3) is 11.1 Å². The van der Waals surface area contributed by atoms with Gasteiger partial charge in [-0.3, -0.25) is 0 Å². The van der Waals surface area contributed by atoms with Crippen LogP contribution >= 0.6 is 11.8 Å². The summed E-state index contributed by atoms with van der Waals surface area (Å²) in [7, 11) is 0. The molecule has 3 rings (SSSR count). The third kappa shape index (κ3) is 10.0. The Balaban J connectivity index is 1.46. The molecule has 0 unspecified atom stereocenters. The molecule has 0 N–H and O–H groups in total. The quantitative estimate of drug-likeness (QED) is 0.0796. The maximum absolute atomic E-state index is 12.6. The Morgan fingerprint density at radius 1 is 0.605 bits per heavy atom. The average Bonchev–Trinajstić information content (AvgIpc) is 2.95. The molecule has 0 aromatic heterocycles. The molecule has 202 valence electrons. The summed E-state index contributed by atoms with van der Waals surface area (Å²) in [6.45, 7) is 4.77. The molecule has 5 heteroatoms. The summed E-state index contributed by atoms with van der Waals surface area (Å²) in [5.41, 5.74) is 3.08. The van der Waals surface area contributed by atoms with E-state index in [1.165, 1.54) is 43.4 Å². The van der Waals surface area contributed by atoms with Gasteiger partial charge in [0.25, 0.3) is 0 Å². The van der Waals surface area contributed by atoms with Crippen LogP contribution in [0.3, 0.4) is 0 Å². The summed E-state index contributed by atoms with van der Waals surface area (Å²) < 4.78 is 10.8. The van der Waals surface area contributed by atoms with Crippen LogP contribution in [0.2, 0.25) is 0 Å². The maximum Gasteiger partial charge on any atom is 0.343 e. The molecule has 0 spiro atoms. The van der Waals surface area contributed by atoms with Crippen LogP contribution in [0.1, 0.15) is 92.4 Å². The van der Waals surface area contributed by atoms with Crippen molar-refractivity contribution in [2.24, 2.45) is 0 Å². The van der Waals surface area contributed by atoms with E-state index in [4.69, 9.17) is 9.47 Å². The van der Waals surface area contributed by atoms with Crippen molar-refractivity contribution in [2.45, 2.75) is 76.5 Å². The van der Waals surface area contributed by atoms with Crippen LogP contribution in [0, 0.1) is 0 Å². The Hall–Kier alpha value is -3.05. The Morgan fingerprint density at radius 2 is 1.13 bits per heavy atom. The van der Waals surface area contributed by atoms with Gasteiger partial charge in [0.1, 0.15) is 5.75 Å². The summed E-state index contributed by atoms with van der Waals surface area (Å²) in [6, 6.07) is 22.5. The SMILES string of the molecule is CCCCCCCCSc1ccc(-c2ccc(C(=O)Oc3ccc(C(=O)OCCCCC)cc3)cc2)cc1. The maximum atomic E-state index is 12.6. The normalized spacial score (nSPS) is 10.8. The molecule has 0 fully saturated rings. The van der Waals surface area contributed by atoms with Crippen LogP contribution in [-0.4, -0.2) is 24.3 Å². The Bertz CT molecular complexity index is 1110. The van der Waals surface area contributed by atoms with Crippen molar-refractivity contribution < 1.29 is 19.1 Å². The molecule has 0 saturated heterocycles. The summed E-state index contributed by atoms with van der Waals surface area (Å²) in [4.78, 5) is 26.0. The number of hydrogen-bond acceptors (Lipinski definition) is 5. The first-order chi connectivity index (χ1) is 18.6. The van der Waals surface area contributed by atoms with Gasteiger partial charge in [0.05, 0.1) is 17.7 Å². The molecule has 0 amide bonds. The Morgan fingerprint density at radius 3 is 1.79 bits per heavy atom. The van der Waals surface area contributed by atoms with Gasteiger partial charge in [0, 0.05) is 4.90 Å². The number of hydrogen-bond donors (Lipinski definition) is 0. The molecule has 0 heterocycles. The van der Waals surface area contributed by atoms with Gasteiger partial charge in [-0.15, -0.1) is 11.8 Å². The molecule has 0 aliphatic rings. The first kappa shape index (κ1) is 29.5. The largest absolute Gasteiger partial charge is 0.462 e. The fraction of sp³-hybridized carbons (Fsp3) is 0.394. The van der Waals surface area contributed by atoms with E-state index in [2.05, 4.69) is 38.1 Å². The molecule has 0 aliphatic carbocycles. The van der Waals surface area contributed by atoms with E-state index in [-0.39, 0.29) is 5.97 Å². The van der Waals surface area contributed by atoms with Crippen molar-refractivity contribution in [1.29, 1.82) is 0 Å². The number of thioether (sulfide) groups is 1. The van der Waals surface area contributed by atoms with Gasteiger partial charge >= 0.3 is 11.9 Å². The van der Waals surface area contributed by atoms with E-state index < -0.39 is 5.97 Å². The Kier molecular flexibility index (Phi) is 13.0. The van der Waals surface area contributed by atoms with Gasteiger partial charge in [0.2, 0.25) is 0 Å². The molecular weight excluding hydrogens is 492 g/mol. The van der Waals surface area contributed by atoms with E-state index in [1.54, 1.807) is 36.4 Å². The number of carbonyl (C=O) groups is 2. The summed E-state index contributed by atoms with van der Waals surface area (Å²) in [5.74, 6) is 0.747. The molecule has 0 bridgehead atoms. The average molecular weight is 533 g/mol. The predicted molar refractivity (Wildman–Crippen MR) is 157 cm³/mol. The fourth-order valence-corrected chi connectivity index (χ4v) is 4.95. The molecule has 0 saturated carbocycles. The zero-order valence-corrected chi connectivity index (χ0v) is 23.6. The highest BCUT2D eigenvalue weighted by molar-refractivity contribution is 7.99. The second-order valence-corrected chi connectivity index (χ2v) is 10.6. The van der Waals surface area contributed by atoms with Crippen LogP contribution in [0.4, 0.5) is 0 Å². The minimum absolute atomic E-state index is 0.362. The smallest absolute Gasteiger partial charge is 0.343 e. The highest BCUT2D eigenvalue weighted by Gasteiger charge is 2.11. The van der Waals surface area contributed by atoms with Crippen molar-refractivity contribution in [3.8, 4) is 16.9 Å². The number of benzene rings is 3. The molecule has 38 heavy (non-hydrogen) atoms. The lowest BCUT2D eigenvalue weighted by Crippen LogP contribution is -2.09. The first-order valence-electron chi connectivity index (χ1n) is 13.9. The van der Waals surface area contributed by atoms with Crippen LogP contribution in [0.5, 0.6) is 5.75 Å². The number of ether oxygens (including phenoxy) is 2. The highest BCUT2D eigenvalue weighted by Crippen LogP contribution is 2.26. The van der Waals surface area contributed by atoms with Crippen molar-refractivity contribution in [3.05, 3.63) is 83.9 Å². The van der Waals surface area contributed by atoms with Crippen molar-refractivity contribution in [1.82, 2.24) is 0 Å². The lowest BCUT2D eigenvalue weighted by molar-refractivity contribution is 0.0498. The van der Waals surface area contributed by atoms with E-state index in [9.17, 15) is 9.59 Å². The standard InChI is InChI=1S/C33H40O4S/c1-3-5-7-8-9-11-25-38-31-22-18-27(19-23-31)26-12-14-29(15-13-26)33(35)37-30-20-16-28(17-21-30)32(34)36-24-10-6-4-2/h12-23H,3-11,24-25H2,1-2H3. The minimum atomic E-state index is -0.437. The van der Waals surface area contributed by atoms with Crippen molar-refractivity contribution >= 4 is 23.7 Å². The third-order valence-electron chi connectivity index (χ3n) is 6.36. The van der Waals surface area contributed by atoms with Crippen molar-refractivity contribution in [3.63, 3.8) is 0 Å². The third-order valence-corrected chi connectivity index (χ3v) is 7.45. The number of rotatable bonds is 16. The molecular formula is C33H40O4S. The second kappa shape index (κ2) is 16.7. The van der Waals surface area contributed by atoms with Gasteiger partial charge in [-0.05, 0) is 78.3 Å². The molecule has 0 atom stereocenters. The topological polar surface area (TPSA) is 52.6 Å². The van der Waals surface area contributed by atoms with E-state index >= 15 is 0 Å². The first-order valence-corrected chi connectivity index (χ1v) is 14.9. The van der Waals surface area contributed by atoms with Gasteiger partial charge < -0.3 is 9.47 Å². The summed E-state index contributed by atoms with van der Waals surface area (Å²) in [6.07, 6.45) is 10.9. The zero-order chi connectivity index (χ0) is 27.0. The summed E-state index contributed by atoms with van der Waals surface area (Å²) in [5, 5.41) is 0.